The minimum atomic E-state index is -2.51. The summed E-state index contributed by atoms with van der Waals surface area (Å²) in [5.74, 6) is -0.0579. The van der Waals surface area contributed by atoms with Gasteiger partial charge in [-0.2, -0.15) is 5.10 Å². The van der Waals surface area contributed by atoms with Gasteiger partial charge in [-0.15, -0.1) is 0 Å². The molecule has 0 aliphatic rings. The number of rotatable bonds is 8. The van der Waals surface area contributed by atoms with Crippen LogP contribution in [0.4, 0.5) is 8.78 Å². The molecular weight excluding hydrogens is 308 g/mol. The Kier molecular flexibility index (Phi) is 5.64. The summed E-state index contributed by atoms with van der Waals surface area (Å²) >= 11 is 0. The van der Waals surface area contributed by atoms with E-state index in [-0.39, 0.29) is 13.1 Å². The molecule has 8 heteroatoms. The molecule has 0 fully saturated rings. The van der Waals surface area contributed by atoms with Crippen LogP contribution in [0.2, 0.25) is 0 Å². The van der Waals surface area contributed by atoms with Crippen LogP contribution in [0.25, 0.3) is 0 Å². The molecule has 1 amide bonds. The van der Waals surface area contributed by atoms with Gasteiger partial charge in [-0.25, -0.2) is 8.78 Å². The van der Waals surface area contributed by atoms with Gasteiger partial charge < -0.3 is 14.4 Å². The summed E-state index contributed by atoms with van der Waals surface area (Å²) in [5.41, 5.74) is 0.576. The summed E-state index contributed by atoms with van der Waals surface area (Å²) in [6.45, 7) is 3.01. The minimum absolute atomic E-state index is 0.0155. The molecule has 0 saturated carbocycles. The lowest BCUT2D eigenvalue weighted by molar-refractivity contribution is -0.128. The Morgan fingerprint density at radius 1 is 1.57 bits per heavy atom. The predicted molar refractivity (Wildman–Crippen MR) is 77.5 cm³/mol. The third kappa shape index (κ3) is 4.75. The minimum Gasteiger partial charge on any atom is -0.467 e. The maximum atomic E-state index is 12.3. The van der Waals surface area contributed by atoms with E-state index in [0.29, 0.717) is 11.3 Å². The maximum Gasteiger partial charge on any atom is 0.257 e. The molecule has 0 aliphatic carbocycles. The third-order valence-electron chi connectivity index (χ3n) is 3.14. The Hall–Kier alpha value is -2.48. The molecule has 1 unspecified atom stereocenters. The largest absolute Gasteiger partial charge is 0.467 e. The second-order valence-corrected chi connectivity index (χ2v) is 4.92. The molecule has 2 aromatic heterocycles. The van der Waals surface area contributed by atoms with E-state index in [1.165, 1.54) is 23.6 Å². The normalized spacial score (nSPS) is 12.3. The summed E-state index contributed by atoms with van der Waals surface area (Å²) < 4.78 is 30.8. The fraction of sp³-hybridized carbons (Fsp3) is 0.333. The number of halogens is 2. The van der Waals surface area contributed by atoms with Crippen molar-refractivity contribution >= 4 is 5.91 Å². The van der Waals surface area contributed by atoms with E-state index >= 15 is 0 Å². The van der Waals surface area contributed by atoms with Crippen molar-refractivity contribution in [1.29, 1.82) is 0 Å². The number of carbonyl (C=O) groups is 1. The van der Waals surface area contributed by atoms with Crippen LogP contribution >= 0.6 is 0 Å². The summed E-state index contributed by atoms with van der Waals surface area (Å²) in [7, 11) is 0. The van der Waals surface area contributed by atoms with Crippen LogP contribution in [-0.2, 0) is 17.9 Å². The summed E-state index contributed by atoms with van der Waals surface area (Å²) in [6, 6.07) is 3.23. The second kappa shape index (κ2) is 7.68. The first kappa shape index (κ1) is 16.9. The summed E-state index contributed by atoms with van der Waals surface area (Å²) in [4.78, 5) is 13.3. The van der Waals surface area contributed by atoms with Gasteiger partial charge in [-0.3, -0.25) is 9.48 Å². The number of hydrogen-bond donors (Lipinski definition) is 1. The van der Waals surface area contributed by atoms with E-state index in [2.05, 4.69) is 11.7 Å². The number of hydrogen-bond acceptors (Lipinski definition) is 4. The number of amides is 1. The second-order valence-electron chi connectivity index (χ2n) is 4.92. The molecule has 1 atom stereocenters. The van der Waals surface area contributed by atoms with Crippen LogP contribution in [0, 0.1) is 0 Å². The van der Waals surface area contributed by atoms with Crippen molar-refractivity contribution in [2.24, 2.45) is 0 Å². The molecule has 0 aliphatic heterocycles. The molecule has 0 spiro atoms. The van der Waals surface area contributed by atoms with E-state index in [1.54, 1.807) is 12.1 Å². The molecule has 2 heterocycles. The number of aromatic nitrogens is 2. The van der Waals surface area contributed by atoms with Crippen LogP contribution < -0.4 is 0 Å². The Balaban J connectivity index is 2.05. The molecule has 1 N–H and O–H groups in total. The Labute approximate surface area is 131 Å². The highest BCUT2D eigenvalue weighted by atomic mass is 19.3. The molecule has 2 aromatic rings. The number of nitrogens with zero attached hydrogens (tertiary/aromatic N) is 3. The van der Waals surface area contributed by atoms with Gasteiger partial charge in [0.2, 0.25) is 5.91 Å². The number of furan rings is 1. The molecule has 0 bridgehead atoms. The van der Waals surface area contributed by atoms with Crippen LogP contribution in [-0.4, -0.2) is 38.7 Å². The smallest absolute Gasteiger partial charge is 0.257 e. The molecule has 2 rings (SSSR count). The molecule has 23 heavy (non-hydrogen) atoms. The molecule has 0 saturated heterocycles. The fourth-order valence-electron chi connectivity index (χ4n) is 2.09. The monoisotopic (exact) mass is 325 g/mol. The summed E-state index contributed by atoms with van der Waals surface area (Å²) in [5, 5.41) is 13.9. The van der Waals surface area contributed by atoms with E-state index in [4.69, 9.17) is 4.42 Å². The van der Waals surface area contributed by atoms with Gasteiger partial charge >= 0.3 is 0 Å². The van der Waals surface area contributed by atoms with Crippen molar-refractivity contribution in [2.45, 2.75) is 25.6 Å². The van der Waals surface area contributed by atoms with Crippen LogP contribution in [0.15, 0.2) is 47.9 Å². The Morgan fingerprint density at radius 2 is 2.35 bits per heavy atom. The Bertz CT molecular complexity index is 640. The predicted octanol–water partition coefficient (Wildman–Crippen LogP) is 1.99. The van der Waals surface area contributed by atoms with Gasteiger partial charge in [-0.1, -0.05) is 6.58 Å². The van der Waals surface area contributed by atoms with Crippen LogP contribution in [0.5, 0.6) is 0 Å². The van der Waals surface area contributed by atoms with Crippen molar-refractivity contribution in [3.8, 4) is 0 Å². The highest BCUT2D eigenvalue weighted by Gasteiger charge is 2.19. The quantitative estimate of drug-likeness (QED) is 0.754. The van der Waals surface area contributed by atoms with Crippen molar-refractivity contribution in [2.75, 3.05) is 6.54 Å². The average Bonchev–Trinajstić information content (AvgIpc) is 3.17. The lowest BCUT2D eigenvalue weighted by atomic mass is 10.2. The summed E-state index contributed by atoms with van der Waals surface area (Å²) in [6.07, 6.45) is 1.89. The van der Waals surface area contributed by atoms with Gasteiger partial charge in [0.05, 0.1) is 19.0 Å². The molecule has 0 aromatic carbocycles. The zero-order valence-corrected chi connectivity index (χ0v) is 12.3. The van der Waals surface area contributed by atoms with Crippen molar-refractivity contribution in [3.63, 3.8) is 0 Å². The number of alkyl halides is 2. The van der Waals surface area contributed by atoms with Crippen LogP contribution in [0.1, 0.15) is 17.4 Å². The zero-order valence-electron chi connectivity index (χ0n) is 12.3. The van der Waals surface area contributed by atoms with Gasteiger partial charge in [0.1, 0.15) is 18.4 Å². The highest BCUT2D eigenvalue weighted by Crippen LogP contribution is 2.16. The SMILES string of the molecule is C=CC(=O)N(Cc1cnn(CC(F)F)c1)CC(O)c1ccco1. The van der Waals surface area contributed by atoms with Crippen molar-refractivity contribution in [1.82, 2.24) is 14.7 Å². The highest BCUT2D eigenvalue weighted by molar-refractivity contribution is 5.87. The molecular formula is C15H17F2N3O3. The number of aliphatic hydroxyl groups excluding tert-OH is 1. The Morgan fingerprint density at radius 3 is 2.96 bits per heavy atom. The van der Waals surface area contributed by atoms with E-state index < -0.39 is 25.0 Å². The van der Waals surface area contributed by atoms with Crippen molar-refractivity contribution in [3.05, 3.63) is 54.8 Å². The number of aliphatic hydroxyl groups is 1. The topological polar surface area (TPSA) is 71.5 Å². The first-order valence-corrected chi connectivity index (χ1v) is 6.92. The van der Waals surface area contributed by atoms with Gasteiger partial charge in [0, 0.05) is 18.3 Å². The average molecular weight is 325 g/mol. The molecule has 124 valence electrons. The van der Waals surface area contributed by atoms with E-state index in [9.17, 15) is 18.7 Å². The zero-order chi connectivity index (χ0) is 16.8. The van der Waals surface area contributed by atoms with E-state index in [1.807, 2.05) is 0 Å². The molecule has 0 radical (unpaired) electrons. The van der Waals surface area contributed by atoms with Crippen LogP contribution in [0.3, 0.4) is 0 Å². The maximum absolute atomic E-state index is 12.3. The third-order valence-corrected chi connectivity index (χ3v) is 3.14. The lowest BCUT2D eigenvalue weighted by Crippen LogP contribution is -2.32. The van der Waals surface area contributed by atoms with E-state index in [0.717, 1.165) is 10.8 Å². The first-order chi connectivity index (χ1) is 11.0. The first-order valence-electron chi connectivity index (χ1n) is 6.92. The fourth-order valence-corrected chi connectivity index (χ4v) is 2.09. The number of carbonyl (C=O) groups excluding carboxylic acids is 1. The lowest BCUT2D eigenvalue weighted by Gasteiger charge is -2.22. The molecule has 6 nitrogen and oxygen atoms in total. The van der Waals surface area contributed by atoms with Gasteiger partial charge in [-0.05, 0) is 18.2 Å². The van der Waals surface area contributed by atoms with Crippen molar-refractivity contribution < 1.29 is 23.1 Å². The van der Waals surface area contributed by atoms with Gasteiger partial charge in [0.15, 0.2) is 0 Å². The standard InChI is InChI=1S/C15H17F2N3O3/c1-2-15(22)19(9-12(21)13-4-3-5-23-13)7-11-6-18-20(8-11)10-14(16)17/h2-6,8,12,14,21H,1,7,9-10H2. The van der Waals surface area contributed by atoms with Gasteiger partial charge in [0.25, 0.3) is 6.43 Å².